The summed E-state index contributed by atoms with van der Waals surface area (Å²) in [7, 11) is 0. The summed E-state index contributed by atoms with van der Waals surface area (Å²) in [5, 5.41) is 24.6. The van der Waals surface area contributed by atoms with Gasteiger partial charge in [0.05, 0.1) is 17.9 Å². The van der Waals surface area contributed by atoms with Gasteiger partial charge in [0.15, 0.2) is 5.82 Å². The van der Waals surface area contributed by atoms with Crippen molar-refractivity contribution < 1.29 is 0 Å². The van der Waals surface area contributed by atoms with Crippen LogP contribution in [0.15, 0.2) is 48.8 Å². The molecule has 0 fully saturated rings. The van der Waals surface area contributed by atoms with E-state index in [4.69, 9.17) is 5.10 Å². The molecule has 0 amide bonds. The van der Waals surface area contributed by atoms with Gasteiger partial charge in [-0.2, -0.15) is 10.2 Å². The molecule has 0 spiro atoms. The van der Waals surface area contributed by atoms with Gasteiger partial charge in [-0.1, -0.05) is 32.0 Å². The summed E-state index contributed by atoms with van der Waals surface area (Å²) in [5.41, 5.74) is 4.30. The molecular weight excluding hydrogens is 366 g/mol. The second kappa shape index (κ2) is 7.25. The molecule has 9 heteroatoms. The van der Waals surface area contributed by atoms with Crippen molar-refractivity contribution in [2.45, 2.75) is 38.9 Å². The van der Waals surface area contributed by atoms with Crippen molar-refractivity contribution in [3.05, 3.63) is 71.6 Å². The first-order chi connectivity index (χ1) is 14.2. The summed E-state index contributed by atoms with van der Waals surface area (Å²) in [5.74, 6) is 1.13. The fraction of sp³-hybridized carbons (Fsp3) is 0.350. The second-order valence-corrected chi connectivity index (χ2v) is 7.62. The van der Waals surface area contributed by atoms with E-state index in [1.807, 2.05) is 33.6 Å². The molecule has 0 saturated heterocycles. The number of para-hydroxylation sites is 1. The Morgan fingerprint density at radius 1 is 1.14 bits per heavy atom. The van der Waals surface area contributed by atoms with E-state index in [1.54, 1.807) is 6.20 Å². The zero-order valence-corrected chi connectivity index (χ0v) is 16.5. The highest BCUT2D eigenvalue weighted by Gasteiger charge is 2.35. The Hall–Kier alpha value is -3.33. The minimum Gasteiger partial charge on any atom is -0.282 e. The highest BCUT2D eigenvalue weighted by atomic mass is 15.6. The lowest BCUT2D eigenvalue weighted by Gasteiger charge is -2.34. The van der Waals surface area contributed by atoms with Crippen LogP contribution in [0.2, 0.25) is 0 Å². The lowest BCUT2D eigenvalue weighted by Crippen LogP contribution is -2.39. The topological polar surface area (TPSA) is 93.3 Å². The number of hydrogen-bond acceptors (Lipinski definition) is 6. The molecular formula is C20H23N9. The maximum atomic E-state index is 4.94. The first kappa shape index (κ1) is 17.7. The van der Waals surface area contributed by atoms with Crippen LogP contribution in [0.25, 0.3) is 5.69 Å². The average molecular weight is 389 g/mol. The Morgan fingerprint density at radius 2 is 2.00 bits per heavy atom. The summed E-state index contributed by atoms with van der Waals surface area (Å²) in [6.07, 6.45) is 3.91. The molecule has 0 radical (unpaired) electrons. The van der Waals surface area contributed by atoms with Gasteiger partial charge in [-0.25, -0.2) is 9.36 Å². The molecule has 1 N–H and O–H groups in total. The summed E-state index contributed by atoms with van der Waals surface area (Å²) >= 11 is 0. The molecule has 148 valence electrons. The van der Waals surface area contributed by atoms with Crippen molar-refractivity contribution in [3.8, 4) is 5.69 Å². The van der Waals surface area contributed by atoms with Gasteiger partial charge in [0.2, 0.25) is 0 Å². The molecule has 4 heterocycles. The van der Waals surface area contributed by atoms with Crippen molar-refractivity contribution in [3.63, 3.8) is 0 Å². The molecule has 1 unspecified atom stereocenters. The number of nitrogens with zero attached hydrogens (tertiary/aromatic N) is 8. The van der Waals surface area contributed by atoms with E-state index in [9.17, 15) is 0 Å². The van der Waals surface area contributed by atoms with Crippen LogP contribution in [0.3, 0.4) is 0 Å². The lowest BCUT2D eigenvalue weighted by atomic mass is 9.97. The minimum atomic E-state index is -0.0723. The summed E-state index contributed by atoms with van der Waals surface area (Å²) in [6, 6.07) is 12.1. The van der Waals surface area contributed by atoms with E-state index in [2.05, 4.69) is 62.8 Å². The maximum Gasteiger partial charge on any atom is 0.173 e. The molecule has 1 atom stereocenters. The standard InChI is InChI=1S/C20H23N9/c1-14(2)18-17(13-29(24-18)16-6-4-3-5-7-16)19-20-23-25-26-28(20)11-10-27(19)12-15-8-9-21-22-15/h3-9,13-14,19H,10-12H2,1-2H3,(H,21,22). The Kier molecular flexibility index (Phi) is 4.44. The quantitative estimate of drug-likeness (QED) is 0.563. The molecule has 0 aliphatic carbocycles. The Balaban J connectivity index is 1.62. The van der Waals surface area contributed by atoms with Gasteiger partial charge in [0.1, 0.15) is 6.04 Å². The Bertz CT molecular complexity index is 1080. The highest BCUT2D eigenvalue weighted by Crippen LogP contribution is 2.35. The van der Waals surface area contributed by atoms with E-state index in [0.29, 0.717) is 0 Å². The minimum absolute atomic E-state index is 0.0723. The number of tetrazole rings is 1. The number of H-pyrrole nitrogens is 1. The molecule has 1 aromatic carbocycles. The first-order valence-corrected chi connectivity index (χ1v) is 9.84. The number of rotatable bonds is 5. The third-order valence-electron chi connectivity index (χ3n) is 5.33. The van der Waals surface area contributed by atoms with Crippen LogP contribution in [-0.2, 0) is 13.1 Å². The number of fused-ring (bicyclic) bond motifs is 1. The summed E-state index contributed by atoms with van der Waals surface area (Å²) in [4.78, 5) is 2.39. The van der Waals surface area contributed by atoms with Gasteiger partial charge in [0, 0.05) is 36.7 Å². The average Bonchev–Trinajstić information content (AvgIpc) is 3.49. The van der Waals surface area contributed by atoms with Gasteiger partial charge in [-0.3, -0.25) is 10.00 Å². The summed E-state index contributed by atoms with van der Waals surface area (Å²) < 4.78 is 3.86. The fourth-order valence-corrected chi connectivity index (χ4v) is 3.95. The van der Waals surface area contributed by atoms with E-state index in [-0.39, 0.29) is 12.0 Å². The maximum absolute atomic E-state index is 4.94. The predicted octanol–water partition coefficient (Wildman–Crippen LogP) is 2.31. The van der Waals surface area contributed by atoms with Crippen LogP contribution >= 0.6 is 0 Å². The molecule has 0 saturated carbocycles. The van der Waals surface area contributed by atoms with E-state index in [1.165, 1.54) is 0 Å². The van der Waals surface area contributed by atoms with Gasteiger partial charge in [-0.05, 0) is 34.5 Å². The third kappa shape index (κ3) is 3.23. The predicted molar refractivity (Wildman–Crippen MR) is 106 cm³/mol. The summed E-state index contributed by atoms with van der Waals surface area (Å²) in [6.45, 7) is 6.69. The smallest absolute Gasteiger partial charge is 0.173 e. The van der Waals surface area contributed by atoms with Crippen molar-refractivity contribution in [1.82, 2.24) is 45.1 Å². The van der Waals surface area contributed by atoms with Crippen LogP contribution in [0, 0.1) is 0 Å². The van der Waals surface area contributed by atoms with Crippen molar-refractivity contribution in [1.29, 1.82) is 0 Å². The van der Waals surface area contributed by atoms with Crippen molar-refractivity contribution in [2.24, 2.45) is 0 Å². The van der Waals surface area contributed by atoms with Gasteiger partial charge < -0.3 is 0 Å². The van der Waals surface area contributed by atoms with Crippen LogP contribution in [-0.4, -0.2) is 51.6 Å². The molecule has 1 aliphatic heterocycles. The number of hydrogen-bond donors (Lipinski definition) is 1. The van der Waals surface area contributed by atoms with E-state index in [0.717, 1.165) is 48.1 Å². The van der Waals surface area contributed by atoms with Crippen molar-refractivity contribution in [2.75, 3.05) is 6.54 Å². The highest BCUT2D eigenvalue weighted by molar-refractivity contribution is 5.36. The van der Waals surface area contributed by atoms with Crippen LogP contribution in [0.5, 0.6) is 0 Å². The van der Waals surface area contributed by atoms with Gasteiger partial charge in [-0.15, -0.1) is 5.10 Å². The van der Waals surface area contributed by atoms with Crippen LogP contribution in [0.4, 0.5) is 0 Å². The molecule has 5 rings (SSSR count). The zero-order chi connectivity index (χ0) is 19.8. The monoisotopic (exact) mass is 389 g/mol. The normalized spacial score (nSPS) is 17.0. The third-order valence-corrected chi connectivity index (χ3v) is 5.33. The van der Waals surface area contributed by atoms with E-state index >= 15 is 0 Å². The lowest BCUT2D eigenvalue weighted by molar-refractivity contribution is 0.161. The first-order valence-electron chi connectivity index (χ1n) is 9.84. The zero-order valence-electron chi connectivity index (χ0n) is 16.5. The number of aromatic amines is 1. The SMILES string of the molecule is CC(C)c1nn(-c2ccccc2)cc1C1c2nnnn2CCN1Cc1ccn[nH]1. The van der Waals surface area contributed by atoms with Gasteiger partial charge in [0.25, 0.3) is 0 Å². The number of aromatic nitrogens is 8. The largest absolute Gasteiger partial charge is 0.282 e. The molecule has 9 nitrogen and oxygen atoms in total. The van der Waals surface area contributed by atoms with Crippen LogP contribution < -0.4 is 0 Å². The molecule has 4 aromatic rings. The van der Waals surface area contributed by atoms with E-state index < -0.39 is 0 Å². The van der Waals surface area contributed by atoms with Crippen molar-refractivity contribution >= 4 is 0 Å². The Labute approximate surface area is 168 Å². The van der Waals surface area contributed by atoms with Crippen LogP contribution in [0.1, 0.15) is 48.6 Å². The molecule has 1 aliphatic rings. The Morgan fingerprint density at radius 3 is 2.76 bits per heavy atom. The number of benzene rings is 1. The van der Waals surface area contributed by atoms with Gasteiger partial charge >= 0.3 is 0 Å². The molecule has 29 heavy (non-hydrogen) atoms. The number of nitrogens with one attached hydrogen (secondary N) is 1. The fourth-order valence-electron chi connectivity index (χ4n) is 3.95. The molecule has 0 bridgehead atoms. The second-order valence-electron chi connectivity index (χ2n) is 7.62. The molecule has 3 aromatic heterocycles.